The highest BCUT2D eigenvalue weighted by Gasteiger charge is 2.19. The highest BCUT2D eigenvalue weighted by Crippen LogP contribution is 2.27. The van der Waals surface area contributed by atoms with Crippen molar-refractivity contribution in [2.24, 2.45) is 7.05 Å². The van der Waals surface area contributed by atoms with Crippen LogP contribution in [0.15, 0.2) is 30.5 Å². The van der Waals surface area contributed by atoms with Crippen molar-refractivity contribution < 1.29 is 14.7 Å². The predicted molar refractivity (Wildman–Crippen MR) is 72.3 cm³/mol. The van der Waals surface area contributed by atoms with E-state index in [0.717, 1.165) is 0 Å². The lowest BCUT2D eigenvalue weighted by atomic mass is 10.1. The summed E-state index contributed by atoms with van der Waals surface area (Å²) in [6, 6.07) is 6.04. The number of carboxylic acid groups (broad SMARTS) is 1. The third-order valence-electron chi connectivity index (χ3n) is 2.68. The number of hydrogen-bond acceptors (Lipinski definition) is 2. The van der Waals surface area contributed by atoms with Crippen molar-refractivity contribution in [1.82, 2.24) is 4.57 Å². The Morgan fingerprint density at radius 2 is 1.95 bits per heavy atom. The highest BCUT2D eigenvalue weighted by molar-refractivity contribution is 6.44. The van der Waals surface area contributed by atoms with Gasteiger partial charge in [0.2, 0.25) is 5.78 Å². The van der Waals surface area contributed by atoms with Crippen molar-refractivity contribution in [2.75, 3.05) is 0 Å². The Morgan fingerprint density at radius 3 is 2.53 bits per heavy atom. The van der Waals surface area contributed by atoms with Gasteiger partial charge in [-0.15, -0.1) is 0 Å². The first kappa shape index (κ1) is 13.6. The molecule has 0 saturated heterocycles. The minimum atomic E-state index is -1.09. The maximum Gasteiger partial charge on any atom is 0.337 e. The van der Waals surface area contributed by atoms with E-state index in [1.807, 2.05) is 0 Å². The maximum absolute atomic E-state index is 12.3. The minimum Gasteiger partial charge on any atom is -0.478 e. The zero-order chi connectivity index (χ0) is 14.2. The molecule has 98 valence electrons. The van der Waals surface area contributed by atoms with Crippen LogP contribution >= 0.6 is 23.2 Å². The van der Waals surface area contributed by atoms with Gasteiger partial charge in [0.1, 0.15) is 0 Å². The summed E-state index contributed by atoms with van der Waals surface area (Å²) in [6.45, 7) is 0. The smallest absolute Gasteiger partial charge is 0.337 e. The number of aromatic nitrogens is 1. The summed E-state index contributed by atoms with van der Waals surface area (Å²) in [5, 5.41) is 9.34. The van der Waals surface area contributed by atoms with E-state index >= 15 is 0 Å². The van der Waals surface area contributed by atoms with Crippen LogP contribution in [-0.4, -0.2) is 21.4 Å². The van der Waals surface area contributed by atoms with E-state index in [1.54, 1.807) is 25.2 Å². The monoisotopic (exact) mass is 297 g/mol. The largest absolute Gasteiger partial charge is 0.478 e. The highest BCUT2D eigenvalue weighted by atomic mass is 35.5. The molecule has 0 aliphatic carbocycles. The molecule has 1 N–H and O–H groups in total. The van der Waals surface area contributed by atoms with Crippen LogP contribution in [0.3, 0.4) is 0 Å². The van der Waals surface area contributed by atoms with Crippen LogP contribution < -0.4 is 0 Å². The summed E-state index contributed by atoms with van der Waals surface area (Å²) in [4.78, 5) is 23.2. The fourth-order valence-electron chi connectivity index (χ4n) is 1.72. The van der Waals surface area contributed by atoms with E-state index in [0.29, 0.717) is 0 Å². The second-order valence-corrected chi connectivity index (χ2v) is 4.75. The molecule has 0 saturated carbocycles. The Kier molecular flexibility index (Phi) is 3.64. The Hall–Kier alpha value is -1.78. The number of aryl methyl sites for hydroxylation is 1. The minimum absolute atomic E-state index is 0.0454. The van der Waals surface area contributed by atoms with E-state index in [9.17, 15) is 9.59 Å². The zero-order valence-electron chi connectivity index (χ0n) is 9.85. The van der Waals surface area contributed by atoms with Gasteiger partial charge in [-0.05, 0) is 18.2 Å². The number of carbonyl (C=O) groups excluding carboxylic acids is 1. The number of carbonyl (C=O) groups is 2. The maximum atomic E-state index is 12.3. The van der Waals surface area contributed by atoms with Gasteiger partial charge in [0.25, 0.3) is 0 Å². The molecule has 4 nitrogen and oxygen atoms in total. The fourth-order valence-corrected chi connectivity index (χ4v) is 2.11. The number of hydrogen-bond donors (Lipinski definition) is 1. The molecule has 0 bridgehead atoms. The molecule has 0 aliphatic rings. The van der Waals surface area contributed by atoms with Crippen molar-refractivity contribution in [3.05, 3.63) is 57.3 Å². The van der Waals surface area contributed by atoms with Crippen LogP contribution in [0.1, 0.15) is 26.4 Å². The molecule has 19 heavy (non-hydrogen) atoms. The lowest BCUT2D eigenvalue weighted by molar-refractivity contribution is 0.0697. The number of aromatic carboxylic acids is 1. The molecule has 1 aromatic carbocycles. The molecule has 0 radical (unpaired) electrons. The summed E-state index contributed by atoms with van der Waals surface area (Å²) in [7, 11) is 1.60. The second kappa shape index (κ2) is 5.07. The van der Waals surface area contributed by atoms with Gasteiger partial charge in [-0.2, -0.15) is 0 Å². The van der Waals surface area contributed by atoms with E-state index in [1.165, 1.54) is 16.8 Å². The van der Waals surface area contributed by atoms with Gasteiger partial charge in [-0.25, -0.2) is 4.79 Å². The first-order valence-corrected chi connectivity index (χ1v) is 6.05. The van der Waals surface area contributed by atoms with Gasteiger partial charge in [0.15, 0.2) is 0 Å². The van der Waals surface area contributed by atoms with E-state index in [-0.39, 0.29) is 32.6 Å². The molecule has 2 rings (SSSR count). The first-order chi connectivity index (χ1) is 8.91. The SMILES string of the molecule is Cn1cc(C(=O)O)cc1C(=O)c1cccc(Cl)c1Cl. The van der Waals surface area contributed by atoms with E-state index < -0.39 is 5.97 Å². The van der Waals surface area contributed by atoms with Crippen molar-refractivity contribution in [3.8, 4) is 0 Å². The Morgan fingerprint density at radius 1 is 1.26 bits per heavy atom. The van der Waals surface area contributed by atoms with Crippen molar-refractivity contribution in [3.63, 3.8) is 0 Å². The third-order valence-corrected chi connectivity index (χ3v) is 3.50. The van der Waals surface area contributed by atoms with Crippen LogP contribution in [0.25, 0.3) is 0 Å². The van der Waals surface area contributed by atoms with Gasteiger partial charge in [-0.3, -0.25) is 4.79 Å². The lowest BCUT2D eigenvalue weighted by Gasteiger charge is -2.05. The van der Waals surface area contributed by atoms with E-state index in [4.69, 9.17) is 28.3 Å². The number of halogens is 2. The first-order valence-electron chi connectivity index (χ1n) is 5.30. The molecule has 0 unspecified atom stereocenters. The average Bonchev–Trinajstić information content (AvgIpc) is 2.74. The number of ketones is 1. The second-order valence-electron chi connectivity index (χ2n) is 3.96. The summed E-state index contributed by atoms with van der Waals surface area (Å²) in [5.74, 6) is -1.46. The molecule has 0 aliphatic heterocycles. The van der Waals surface area contributed by atoms with Crippen LogP contribution in [0, 0.1) is 0 Å². The average molecular weight is 298 g/mol. The number of rotatable bonds is 3. The third kappa shape index (κ3) is 2.50. The number of benzene rings is 1. The summed E-state index contributed by atoms with van der Waals surface area (Å²) >= 11 is 11.8. The molecule has 0 fully saturated rings. The van der Waals surface area contributed by atoms with E-state index in [2.05, 4.69) is 0 Å². The predicted octanol–water partition coefficient (Wildman–Crippen LogP) is 3.26. The van der Waals surface area contributed by atoms with Crippen LogP contribution in [0.4, 0.5) is 0 Å². The van der Waals surface area contributed by atoms with Crippen molar-refractivity contribution in [2.45, 2.75) is 0 Å². The molecular formula is C13H9Cl2NO3. The molecule has 6 heteroatoms. The zero-order valence-corrected chi connectivity index (χ0v) is 11.4. The molecule has 1 aromatic heterocycles. The van der Waals surface area contributed by atoms with Crippen LogP contribution in [-0.2, 0) is 7.05 Å². The Bertz CT molecular complexity index is 677. The molecule has 1 heterocycles. The molecule has 0 spiro atoms. The quantitative estimate of drug-likeness (QED) is 0.885. The Labute approximate surface area is 119 Å². The Balaban J connectivity index is 2.50. The number of carboxylic acids is 1. The standard InChI is InChI=1S/C13H9Cl2NO3/c1-16-6-7(13(18)19)5-10(16)12(17)8-3-2-4-9(14)11(8)15/h2-6H,1H3,(H,18,19). The summed E-state index contributed by atoms with van der Waals surface area (Å²) < 4.78 is 1.45. The fraction of sp³-hybridized carbons (Fsp3) is 0.0769. The van der Waals surface area contributed by atoms with Gasteiger partial charge in [0, 0.05) is 18.8 Å². The molecule has 0 amide bonds. The molecular weight excluding hydrogens is 289 g/mol. The van der Waals surface area contributed by atoms with Gasteiger partial charge in [-0.1, -0.05) is 29.3 Å². The van der Waals surface area contributed by atoms with Crippen molar-refractivity contribution >= 4 is 35.0 Å². The van der Waals surface area contributed by atoms with Gasteiger partial charge < -0.3 is 9.67 Å². The summed E-state index contributed by atoms with van der Waals surface area (Å²) in [6.07, 6.45) is 1.37. The lowest BCUT2D eigenvalue weighted by Crippen LogP contribution is -2.07. The molecule has 0 atom stereocenters. The normalized spacial score (nSPS) is 10.5. The van der Waals surface area contributed by atoms with Crippen LogP contribution in [0.2, 0.25) is 10.0 Å². The molecule has 2 aromatic rings. The van der Waals surface area contributed by atoms with Gasteiger partial charge in [0.05, 0.1) is 21.3 Å². The van der Waals surface area contributed by atoms with Gasteiger partial charge >= 0.3 is 5.97 Å². The topological polar surface area (TPSA) is 59.3 Å². The summed E-state index contributed by atoms with van der Waals surface area (Å²) in [5.41, 5.74) is 0.526. The van der Waals surface area contributed by atoms with Crippen molar-refractivity contribution in [1.29, 1.82) is 0 Å². The number of nitrogens with zero attached hydrogens (tertiary/aromatic N) is 1. The van der Waals surface area contributed by atoms with Crippen LogP contribution in [0.5, 0.6) is 0 Å².